The molecule has 2 rings (SSSR count). The third-order valence-electron chi connectivity index (χ3n) is 2.97. The molecular formula is C9H19Cl2N3. The van der Waals surface area contributed by atoms with E-state index in [-0.39, 0.29) is 30.4 Å². The third-order valence-corrected chi connectivity index (χ3v) is 2.97. The Morgan fingerprint density at radius 2 is 1.93 bits per heavy atom. The summed E-state index contributed by atoms with van der Waals surface area (Å²) in [5, 5.41) is 0. The minimum Gasteiger partial charge on any atom is -0.362 e. The molecule has 0 aromatic carbocycles. The first-order valence-corrected chi connectivity index (χ1v) is 4.77. The first kappa shape index (κ1) is 14.0. The highest BCUT2D eigenvalue weighted by molar-refractivity contribution is 5.92. The van der Waals surface area contributed by atoms with E-state index >= 15 is 0 Å². The van der Waals surface area contributed by atoms with Gasteiger partial charge in [0.05, 0.1) is 5.54 Å². The number of aliphatic imine (C=N–C) groups is 1. The first-order chi connectivity index (χ1) is 5.72. The zero-order valence-electron chi connectivity index (χ0n) is 8.53. The zero-order chi connectivity index (χ0) is 8.60. The molecule has 0 atom stereocenters. The van der Waals surface area contributed by atoms with Crippen molar-refractivity contribution in [1.82, 2.24) is 4.90 Å². The Morgan fingerprint density at radius 1 is 1.29 bits per heavy atom. The number of rotatable bonds is 1. The molecule has 0 amide bonds. The Labute approximate surface area is 97.9 Å². The quantitative estimate of drug-likeness (QED) is 0.753. The summed E-state index contributed by atoms with van der Waals surface area (Å²) in [7, 11) is 2.10. The fraction of sp³-hybridized carbons (Fsp3) is 0.889. The van der Waals surface area contributed by atoms with Gasteiger partial charge in [0.2, 0.25) is 0 Å². The maximum absolute atomic E-state index is 6.20. The van der Waals surface area contributed by atoms with Crippen molar-refractivity contribution in [2.24, 2.45) is 10.7 Å². The van der Waals surface area contributed by atoms with E-state index in [1.54, 1.807) is 0 Å². The van der Waals surface area contributed by atoms with E-state index in [0.29, 0.717) is 0 Å². The van der Waals surface area contributed by atoms with Gasteiger partial charge in [-0.05, 0) is 25.7 Å². The average molecular weight is 240 g/mol. The van der Waals surface area contributed by atoms with Gasteiger partial charge < -0.3 is 10.6 Å². The summed E-state index contributed by atoms with van der Waals surface area (Å²) < 4.78 is 0. The molecule has 1 fully saturated rings. The van der Waals surface area contributed by atoms with Crippen molar-refractivity contribution in [3.8, 4) is 0 Å². The third kappa shape index (κ3) is 2.33. The SMILES string of the molecule is CN1CCCN=C1C1(N)CCC1.Cl.Cl. The highest BCUT2D eigenvalue weighted by atomic mass is 35.5. The number of likely N-dealkylation sites (N-methyl/N-ethyl adjacent to an activating group) is 1. The van der Waals surface area contributed by atoms with E-state index in [2.05, 4.69) is 16.9 Å². The van der Waals surface area contributed by atoms with E-state index in [9.17, 15) is 0 Å². The van der Waals surface area contributed by atoms with Crippen LogP contribution in [0.4, 0.5) is 0 Å². The van der Waals surface area contributed by atoms with E-state index in [0.717, 1.165) is 31.8 Å². The molecule has 0 saturated heterocycles. The molecule has 1 heterocycles. The molecule has 1 aliphatic heterocycles. The molecule has 5 heteroatoms. The van der Waals surface area contributed by atoms with Gasteiger partial charge >= 0.3 is 0 Å². The molecule has 84 valence electrons. The molecule has 0 bridgehead atoms. The Balaban J connectivity index is 0.000000845. The van der Waals surface area contributed by atoms with Crippen LogP contribution in [-0.4, -0.2) is 36.4 Å². The van der Waals surface area contributed by atoms with Gasteiger partial charge in [-0.3, -0.25) is 4.99 Å². The summed E-state index contributed by atoms with van der Waals surface area (Å²) in [5.74, 6) is 1.15. The summed E-state index contributed by atoms with van der Waals surface area (Å²) in [6.45, 7) is 2.09. The van der Waals surface area contributed by atoms with E-state index in [4.69, 9.17) is 5.73 Å². The number of halogens is 2. The molecular weight excluding hydrogens is 221 g/mol. The second kappa shape index (κ2) is 5.19. The second-order valence-electron chi connectivity index (χ2n) is 3.99. The molecule has 1 saturated carbocycles. The summed E-state index contributed by atoms with van der Waals surface area (Å²) in [6, 6.07) is 0. The molecule has 14 heavy (non-hydrogen) atoms. The number of hydrogen-bond acceptors (Lipinski definition) is 3. The lowest BCUT2D eigenvalue weighted by molar-refractivity contribution is 0.297. The lowest BCUT2D eigenvalue weighted by Crippen LogP contribution is -2.59. The van der Waals surface area contributed by atoms with Crippen LogP contribution in [0.1, 0.15) is 25.7 Å². The van der Waals surface area contributed by atoms with Crippen LogP contribution < -0.4 is 5.73 Å². The summed E-state index contributed by atoms with van der Waals surface area (Å²) in [5.41, 5.74) is 6.14. The Bertz CT molecular complexity index is 214. The van der Waals surface area contributed by atoms with Gasteiger partial charge in [-0.2, -0.15) is 0 Å². The molecule has 0 aromatic rings. The number of nitrogens with two attached hydrogens (primary N) is 1. The fourth-order valence-electron chi connectivity index (χ4n) is 2.04. The lowest BCUT2D eigenvalue weighted by atomic mass is 9.76. The molecule has 2 aliphatic rings. The maximum atomic E-state index is 6.20. The van der Waals surface area contributed by atoms with Gasteiger partial charge in [0.1, 0.15) is 5.84 Å². The predicted molar refractivity (Wildman–Crippen MR) is 64.8 cm³/mol. The molecule has 0 radical (unpaired) electrons. The average Bonchev–Trinajstić information content (AvgIpc) is 2.01. The summed E-state index contributed by atoms with van der Waals surface area (Å²) in [6.07, 6.45) is 4.69. The Kier molecular flexibility index (Phi) is 5.20. The van der Waals surface area contributed by atoms with Crippen LogP contribution in [0.25, 0.3) is 0 Å². The molecule has 1 aliphatic carbocycles. The highest BCUT2D eigenvalue weighted by Crippen LogP contribution is 2.32. The van der Waals surface area contributed by atoms with Crippen LogP contribution in [-0.2, 0) is 0 Å². The maximum Gasteiger partial charge on any atom is 0.119 e. The van der Waals surface area contributed by atoms with Crippen molar-refractivity contribution in [1.29, 1.82) is 0 Å². The van der Waals surface area contributed by atoms with Crippen LogP contribution in [0, 0.1) is 0 Å². The van der Waals surface area contributed by atoms with Gasteiger partial charge in [-0.1, -0.05) is 0 Å². The highest BCUT2D eigenvalue weighted by Gasteiger charge is 2.40. The van der Waals surface area contributed by atoms with Crippen molar-refractivity contribution in [3.63, 3.8) is 0 Å². The van der Waals surface area contributed by atoms with Crippen molar-refractivity contribution >= 4 is 30.6 Å². The number of nitrogens with zero attached hydrogens (tertiary/aromatic N) is 2. The van der Waals surface area contributed by atoms with Gasteiger partial charge in [-0.25, -0.2) is 0 Å². The molecule has 0 spiro atoms. The number of amidine groups is 1. The van der Waals surface area contributed by atoms with E-state index in [1.807, 2.05) is 0 Å². The zero-order valence-corrected chi connectivity index (χ0v) is 10.2. The van der Waals surface area contributed by atoms with Gasteiger partial charge in [0.25, 0.3) is 0 Å². The standard InChI is InChI=1S/C9H17N3.2ClH/c1-12-7-3-6-11-8(12)9(10)4-2-5-9;;/h2-7,10H2,1H3;2*1H. The van der Waals surface area contributed by atoms with Crippen molar-refractivity contribution in [2.75, 3.05) is 20.1 Å². The number of hydrogen-bond donors (Lipinski definition) is 1. The van der Waals surface area contributed by atoms with Crippen LogP contribution in [0.3, 0.4) is 0 Å². The molecule has 0 unspecified atom stereocenters. The van der Waals surface area contributed by atoms with E-state index < -0.39 is 0 Å². The van der Waals surface area contributed by atoms with Crippen LogP contribution in [0.15, 0.2) is 4.99 Å². The molecule has 2 N–H and O–H groups in total. The van der Waals surface area contributed by atoms with Gasteiger partial charge in [0, 0.05) is 20.1 Å². The smallest absolute Gasteiger partial charge is 0.119 e. The normalized spacial score (nSPS) is 23.9. The summed E-state index contributed by atoms with van der Waals surface area (Å²) >= 11 is 0. The minimum absolute atomic E-state index is 0. The van der Waals surface area contributed by atoms with Crippen molar-refractivity contribution < 1.29 is 0 Å². The van der Waals surface area contributed by atoms with Crippen LogP contribution >= 0.6 is 24.8 Å². The lowest BCUT2D eigenvalue weighted by Gasteiger charge is -2.43. The van der Waals surface area contributed by atoms with Crippen LogP contribution in [0.2, 0.25) is 0 Å². The van der Waals surface area contributed by atoms with Crippen molar-refractivity contribution in [3.05, 3.63) is 0 Å². The van der Waals surface area contributed by atoms with E-state index in [1.165, 1.54) is 12.8 Å². The first-order valence-electron chi connectivity index (χ1n) is 4.77. The molecule has 0 aromatic heterocycles. The van der Waals surface area contributed by atoms with Gasteiger partial charge in [0.15, 0.2) is 0 Å². The van der Waals surface area contributed by atoms with Gasteiger partial charge in [-0.15, -0.1) is 24.8 Å². The van der Waals surface area contributed by atoms with Crippen molar-refractivity contribution in [2.45, 2.75) is 31.2 Å². The topological polar surface area (TPSA) is 41.6 Å². The Morgan fingerprint density at radius 3 is 2.36 bits per heavy atom. The Hall–Kier alpha value is 0.01000. The second-order valence-corrected chi connectivity index (χ2v) is 3.99. The minimum atomic E-state index is -0.0603. The predicted octanol–water partition coefficient (Wildman–Crippen LogP) is 1.45. The summed E-state index contributed by atoms with van der Waals surface area (Å²) in [4.78, 5) is 6.75. The molecule has 3 nitrogen and oxygen atoms in total. The monoisotopic (exact) mass is 239 g/mol. The van der Waals surface area contributed by atoms with Crippen LogP contribution in [0.5, 0.6) is 0 Å². The largest absolute Gasteiger partial charge is 0.362 e. The fourth-order valence-corrected chi connectivity index (χ4v) is 2.04.